The number of esters is 1. The van der Waals surface area contributed by atoms with Crippen LogP contribution in [0, 0.1) is 0 Å². The van der Waals surface area contributed by atoms with Crippen molar-refractivity contribution in [1.29, 1.82) is 0 Å². The molecule has 29 heavy (non-hydrogen) atoms. The van der Waals surface area contributed by atoms with Crippen molar-refractivity contribution in [3.63, 3.8) is 0 Å². The van der Waals surface area contributed by atoms with Gasteiger partial charge in [-0.05, 0) is 30.3 Å². The van der Waals surface area contributed by atoms with Gasteiger partial charge in [0.2, 0.25) is 0 Å². The van der Waals surface area contributed by atoms with Gasteiger partial charge in [0.1, 0.15) is 11.6 Å². The number of hydrogen-bond donors (Lipinski definition) is 2. The molecule has 0 atom stereocenters. The van der Waals surface area contributed by atoms with Crippen molar-refractivity contribution in [3.05, 3.63) is 83.6 Å². The van der Waals surface area contributed by atoms with Crippen molar-refractivity contribution in [2.24, 2.45) is 0 Å². The molecule has 0 spiro atoms. The molecule has 2 N–H and O–H groups in total. The number of para-hydroxylation sites is 2. The average Bonchev–Trinajstić information content (AvgIpc) is 2.78. The number of amides is 1. The second-order valence-corrected chi connectivity index (χ2v) is 6.09. The first kappa shape index (κ1) is 19.9. The van der Waals surface area contributed by atoms with Crippen LogP contribution < -0.4 is 15.4 Å². The minimum absolute atomic E-state index is 0.284. The summed E-state index contributed by atoms with van der Waals surface area (Å²) in [5, 5.41) is 5.92. The number of hydrogen-bond acceptors (Lipinski definition) is 6. The molecule has 0 radical (unpaired) electrons. The van der Waals surface area contributed by atoms with E-state index in [4.69, 9.17) is 9.47 Å². The second kappa shape index (κ2) is 9.36. The fraction of sp³-hybridized carbons (Fsp3) is 0.136. The molecule has 1 heterocycles. The maximum absolute atomic E-state index is 12.5. The van der Waals surface area contributed by atoms with E-state index in [1.165, 1.54) is 13.3 Å². The molecule has 2 aromatic carbocycles. The molecule has 0 saturated carbocycles. The summed E-state index contributed by atoms with van der Waals surface area (Å²) in [6, 6.07) is 17.7. The summed E-state index contributed by atoms with van der Waals surface area (Å²) in [5.41, 5.74) is 2.03. The van der Waals surface area contributed by atoms with Crippen LogP contribution in [0.3, 0.4) is 0 Å². The summed E-state index contributed by atoms with van der Waals surface area (Å²) in [4.78, 5) is 28.6. The monoisotopic (exact) mass is 391 g/mol. The summed E-state index contributed by atoms with van der Waals surface area (Å²) in [7, 11) is 2.92. The number of carbonyl (C=O) groups is 2. The number of nitrogens with one attached hydrogen (secondary N) is 2. The number of methoxy groups -OCH3 is 2. The molecule has 0 bridgehead atoms. The number of pyridine rings is 1. The first-order valence-corrected chi connectivity index (χ1v) is 8.93. The number of aromatic nitrogens is 1. The Morgan fingerprint density at radius 1 is 0.966 bits per heavy atom. The topological polar surface area (TPSA) is 89.5 Å². The van der Waals surface area contributed by atoms with Crippen molar-refractivity contribution < 1.29 is 19.1 Å². The summed E-state index contributed by atoms with van der Waals surface area (Å²) < 4.78 is 10.1. The minimum atomic E-state index is -0.519. The zero-order valence-electron chi connectivity index (χ0n) is 16.1. The van der Waals surface area contributed by atoms with Gasteiger partial charge in [0.15, 0.2) is 0 Å². The number of nitrogens with zero attached hydrogens (tertiary/aromatic N) is 1. The van der Waals surface area contributed by atoms with Crippen LogP contribution in [0.1, 0.15) is 26.3 Å². The van der Waals surface area contributed by atoms with Crippen LogP contribution in [-0.4, -0.2) is 31.1 Å². The lowest BCUT2D eigenvalue weighted by atomic mass is 10.1. The van der Waals surface area contributed by atoms with Crippen molar-refractivity contribution >= 4 is 23.4 Å². The molecule has 0 aliphatic carbocycles. The number of benzene rings is 2. The van der Waals surface area contributed by atoms with Crippen molar-refractivity contribution in [2.75, 3.05) is 24.9 Å². The molecular weight excluding hydrogens is 370 g/mol. The standard InChI is InChI=1S/C22H21N3O4/c1-28-19-10-6-3-7-15(19)13-23-20-12-11-16(14-24-20)21(26)25-18-9-5-4-8-17(18)22(27)29-2/h3-12,14H,13H2,1-2H3,(H,23,24)(H,25,26). The highest BCUT2D eigenvalue weighted by atomic mass is 16.5. The van der Waals surface area contributed by atoms with Crippen LogP contribution >= 0.6 is 0 Å². The summed E-state index contributed by atoms with van der Waals surface area (Å²) >= 11 is 0. The normalized spacial score (nSPS) is 10.1. The van der Waals surface area contributed by atoms with E-state index in [1.54, 1.807) is 43.5 Å². The quantitative estimate of drug-likeness (QED) is 0.597. The van der Waals surface area contributed by atoms with Crippen LogP contribution in [-0.2, 0) is 11.3 Å². The molecule has 0 aliphatic rings. The first-order chi connectivity index (χ1) is 14.1. The second-order valence-electron chi connectivity index (χ2n) is 6.09. The zero-order chi connectivity index (χ0) is 20.6. The molecule has 0 unspecified atom stereocenters. The van der Waals surface area contributed by atoms with Gasteiger partial charge < -0.3 is 20.1 Å². The van der Waals surface area contributed by atoms with Crippen LogP contribution in [0.25, 0.3) is 0 Å². The van der Waals surface area contributed by atoms with Gasteiger partial charge in [-0.25, -0.2) is 9.78 Å². The van der Waals surface area contributed by atoms with Gasteiger partial charge in [-0.3, -0.25) is 4.79 Å². The number of ether oxygens (including phenoxy) is 2. The highest BCUT2D eigenvalue weighted by Gasteiger charge is 2.14. The van der Waals surface area contributed by atoms with E-state index in [0.717, 1.165) is 11.3 Å². The molecule has 3 rings (SSSR count). The third-order valence-corrected chi connectivity index (χ3v) is 4.26. The highest BCUT2D eigenvalue weighted by Crippen LogP contribution is 2.19. The molecule has 0 saturated heterocycles. The third kappa shape index (κ3) is 4.90. The van der Waals surface area contributed by atoms with Gasteiger partial charge in [0, 0.05) is 18.3 Å². The van der Waals surface area contributed by atoms with Crippen LogP contribution in [0.2, 0.25) is 0 Å². The van der Waals surface area contributed by atoms with Crippen molar-refractivity contribution in [2.45, 2.75) is 6.54 Å². The summed E-state index contributed by atoms with van der Waals surface area (Å²) in [5.74, 6) is 0.530. The lowest BCUT2D eigenvalue weighted by Crippen LogP contribution is -2.15. The summed E-state index contributed by atoms with van der Waals surface area (Å²) in [6.45, 7) is 0.537. The van der Waals surface area contributed by atoms with E-state index < -0.39 is 5.97 Å². The lowest BCUT2D eigenvalue weighted by Gasteiger charge is -2.11. The first-order valence-electron chi connectivity index (χ1n) is 8.93. The number of anilines is 2. The van der Waals surface area contributed by atoms with E-state index in [9.17, 15) is 9.59 Å². The Bertz CT molecular complexity index is 1000. The van der Waals surface area contributed by atoms with Crippen molar-refractivity contribution in [1.82, 2.24) is 4.98 Å². The van der Waals surface area contributed by atoms with E-state index in [1.807, 2.05) is 24.3 Å². The fourth-order valence-electron chi connectivity index (χ4n) is 2.74. The number of rotatable bonds is 7. The Morgan fingerprint density at radius 2 is 1.72 bits per heavy atom. The molecule has 0 aliphatic heterocycles. The Hall–Kier alpha value is -3.87. The zero-order valence-corrected chi connectivity index (χ0v) is 16.1. The predicted molar refractivity (Wildman–Crippen MR) is 110 cm³/mol. The molecule has 148 valence electrons. The largest absolute Gasteiger partial charge is 0.496 e. The Labute approximate surface area is 168 Å². The van der Waals surface area contributed by atoms with E-state index in [0.29, 0.717) is 23.6 Å². The van der Waals surface area contributed by atoms with Gasteiger partial charge >= 0.3 is 5.97 Å². The SMILES string of the molecule is COC(=O)c1ccccc1NC(=O)c1ccc(NCc2ccccc2OC)nc1. The smallest absolute Gasteiger partial charge is 0.339 e. The fourth-order valence-corrected chi connectivity index (χ4v) is 2.74. The molecular formula is C22H21N3O4. The van der Waals surface area contributed by atoms with E-state index >= 15 is 0 Å². The molecule has 1 aromatic heterocycles. The van der Waals surface area contributed by atoms with E-state index in [-0.39, 0.29) is 11.5 Å². The van der Waals surface area contributed by atoms with Gasteiger partial charge in [-0.15, -0.1) is 0 Å². The Balaban J connectivity index is 1.66. The number of carbonyl (C=O) groups excluding carboxylic acids is 2. The summed E-state index contributed by atoms with van der Waals surface area (Å²) in [6.07, 6.45) is 1.47. The Morgan fingerprint density at radius 3 is 2.45 bits per heavy atom. The molecule has 7 heteroatoms. The van der Waals surface area contributed by atoms with Gasteiger partial charge in [-0.1, -0.05) is 30.3 Å². The van der Waals surface area contributed by atoms with Gasteiger partial charge in [-0.2, -0.15) is 0 Å². The molecule has 3 aromatic rings. The predicted octanol–water partition coefficient (Wildman–Crippen LogP) is 3.74. The molecule has 7 nitrogen and oxygen atoms in total. The van der Waals surface area contributed by atoms with Crippen molar-refractivity contribution in [3.8, 4) is 5.75 Å². The minimum Gasteiger partial charge on any atom is -0.496 e. The van der Waals surface area contributed by atoms with Crippen LogP contribution in [0.5, 0.6) is 5.75 Å². The van der Waals surface area contributed by atoms with Gasteiger partial charge in [0.05, 0.1) is 31.0 Å². The van der Waals surface area contributed by atoms with Gasteiger partial charge in [0.25, 0.3) is 5.91 Å². The van der Waals surface area contributed by atoms with Crippen LogP contribution in [0.15, 0.2) is 66.9 Å². The van der Waals surface area contributed by atoms with E-state index in [2.05, 4.69) is 15.6 Å². The highest BCUT2D eigenvalue weighted by molar-refractivity contribution is 6.07. The maximum Gasteiger partial charge on any atom is 0.339 e. The van der Waals surface area contributed by atoms with Crippen LogP contribution in [0.4, 0.5) is 11.5 Å². The third-order valence-electron chi connectivity index (χ3n) is 4.26. The lowest BCUT2D eigenvalue weighted by molar-refractivity contribution is 0.0602. The molecule has 1 amide bonds. The average molecular weight is 391 g/mol. The molecule has 0 fully saturated rings. The maximum atomic E-state index is 12.5. The Kier molecular flexibility index (Phi) is 6.42.